The van der Waals surface area contributed by atoms with Crippen molar-refractivity contribution in [3.63, 3.8) is 0 Å². The normalized spacial score (nSPS) is 12.9. The molecule has 8 heteroatoms. The fourth-order valence-corrected chi connectivity index (χ4v) is 2.49. The summed E-state index contributed by atoms with van der Waals surface area (Å²) in [5, 5.41) is 6.32. The lowest BCUT2D eigenvalue weighted by Crippen LogP contribution is -2.42. The molecular weight excluding hydrogens is 465 g/mol. The van der Waals surface area contributed by atoms with Crippen molar-refractivity contribution in [3.8, 4) is 0 Å². The highest BCUT2D eigenvalue weighted by Gasteiger charge is 2.22. The Morgan fingerprint density at radius 3 is 2.33 bits per heavy atom. The molecule has 0 heterocycles. The van der Waals surface area contributed by atoms with E-state index in [9.17, 15) is 8.78 Å². The van der Waals surface area contributed by atoms with Crippen molar-refractivity contribution in [1.82, 2.24) is 15.5 Å². The second-order valence-corrected chi connectivity index (χ2v) is 6.82. The van der Waals surface area contributed by atoms with Crippen molar-refractivity contribution in [2.24, 2.45) is 10.9 Å². The number of guanidine groups is 1. The van der Waals surface area contributed by atoms with Gasteiger partial charge in [-0.3, -0.25) is 4.99 Å². The number of nitrogens with one attached hydrogen (secondary N) is 2. The Hall–Kier alpha value is -1.000. The highest BCUT2D eigenvalue weighted by atomic mass is 127. The number of ether oxygens (including phenoxy) is 1. The Kier molecular flexibility index (Phi) is 13.5. The van der Waals surface area contributed by atoms with Crippen molar-refractivity contribution in [3.05, 3.63) is 35.4 Å². The maximum Gasteiger partial charge on any atom is 0.191 e. The molecule has 0 aliphatic carbocycles. The molecule has 1 aromatic carbocycles. The van der Waals surface area contributed by atoms with Gasteiger partial charge >= 0.3 is 0 Å². The van der Waals surface area contributed by atoms with Crippen molar-refractivity contribution in [2.75, 3.05) is 47.4 Å². The second-order valence-electron chi connectivity index (χ2n) is 6.82. The van der Waals surface area contributed by atoms with Crippen LogP contribution in [0.15, 0.2) is 23.2 Å². The SMILES string of the molecule is CN=C(NCCCOCC(C)C)NCC(c1c(F)cccc1F)N(C)C.I. The van der Waals surface area contributed by atoms with E-state index in [1.54, 1.807) is 26.0 Å². The first-order chi connectivity index (χ1) is 12.4. The van der Waals surface area contributed by atoms with Crippen LogP contribution >= 0.6 is 24.0 Å². The Balaban J connectivity index is 0.00000676. The number of nitrogens with zero attached hydrogens (tertiary/aromatic N) is 2. The predicted octanol–water partition coefficient (Wildman–Crippen LogP) is 3.41. The molecule has 0 radical (unpaired) electrons. The molecule has 27 heavy (non-hydrogen) atoms. The van der Waals surface area contributed by atoms with Crippen LogP contribution in [-0.4, -0.2) is 58.3 Å². The summed E-state index contributed by atoms with van der Waals surface area (Å²) >= 11 is 0. The third kappa shape index (κ3) is 9.66. The summed E-state index contributed by atoms with van der Waals surface area (Å²) < 4.78 is 33.7. The lowest BCUT2D eigenvalue weighted by atomic mass is 10.0. The van der Waals surface area contributed by atoms with Gasteiger partial charge in [-0.15, -0.1) is 24.0 Å². The number of aliphatic imine (C=N–C) groups is 1. The van der Waals surface area contributed by atoms with Crippen molar-refractivity contribution < 1.29 is 13.5 Å². The number of rotatable bonds is 10. The van der Waals surface area contributed by atoms with E-state index in [-0.39, 0.29) is 29.5 Å². The number of halogens is 3. The maximum absolute atomic E-state index is 14.1. The first-order valence-corrected chi connectivity index (χ1v) is 8.99. The summed E-state index contributed by atoms with van der Waals surface area (Å²) in [6, 6.07) is 3.47. The van der Waals surface area contributed by atoms with Crippen LogP contribution in [0.3, 0.4) is 0 Å². The van der Waals surface area contributed by atoms with Crippen LogP contribution in [0.1, 0.15) is 31.9 Å². The highest BCUT2D eigenvalue weighted by molar-refractivity contribution is 14.0. The van der Waals surface area contributed by atoms with Gasteiger partial charge in [-0.05, 0) is 38.6 Å². The third-order valence-electron chi connectivity index (χ3n) is 3.85. The van der Waals surface area contributed by atoms with Gasteiger partial charge < -0.3 is 20.3 Å². The fraction of sp³-hybridized carbons (Fsp3) is 0.632. The van der Waals surface area contributed by atoms with Gasteiger partial charge in [0.1, 0.15) is 11.6 Å². The Bertz CT molecular complexity index is 550. The molecule has 0 saturated heterocycles. The lowest BCUT2D eigenvalue weighted by Gasteiger charge is -2.26. The molecule has 0 amide bonds. The van der Waals surface area contributed by atoms with Crippen molar-refractivity contribution >= 4 is 29.9 Å². The van der Waals surface area contributed by atoms with Gasteiger partial charge in [-0.2, -0.15) is 0 Å². The van der Waals surface area contributed by atoms with Gasteiger partial charge in [-0.1, -0.05) is 19.9 Å². The zero-order chi connectivity index (χ0) is 19.5. The standard InChI is InChI=1S/C19H32F2N4O.HI/c1-14(2)13-26-11-7-10-23-19(22-3)24-12-17(25(4)5)18-15(20)8-6-9-16(18)21;/h6,8-9,14,17H,7,10-13H2,1-5H3,(H2,22,23,24);1H. The predicted molar refractivity (Wildman–Crippen MR) is 118 cm³/mol. The molecule has 1 unspecified atom stereocenters. The van der Waals surface area contributed by atoms with E-state index in [4.69, 9.17) is 4.74 Å². The van der Waals surface area contributed by atoms with E-state index < -0.39 is 17.7 Å². The van der Waals surface area contributed by atoms with Crippen molar-refractivity contribution in [2.45, 2.75) is 26.3 Å². The summed E-state index contributed by atoms with van der Waals surface area (Å²) in [7, 11) is 5.25. The van der Waals surface area contributed by atoms with E-state index in [2.05, 4.69) is 29.5 Å². The molecule has 0 aromatic heterocycles. The number of hydrogen-bond acceptors (Lipinski definition) is 3. The zero-order valence-corrected chi connectivity index (χ0v) is 19.2. The van der Waals surface area contributed by atoms with E-state index in [0.29, 0.717) is 31.6 Å². The van der Waals surface area contributed by atoms with Crippen LogP contribution in [0.4, 0.5) is 8.78 Å². The molecule has 1 aromatic rings. The van der Waals surface area contributed by atoms with E-state index >= 15 is 0 Å². The largest absolute Gasteiger partial charge is 0.381 e. The average Bonchev–Trinajstić information content (AvgIpc) is 2.57. The maximum atomic E-state index is 14.1. The minimum Gasteiger partial charge on any atom is -0.381 e. The van der Waals surface area contributed by atoms with Crippen LogP contribution in [0.5, 0.6) is 0 Å². The quantitative estimate of drug-likeness (QED) is 0.225. The average molecular weight is 498 g/mol. The Morgan fingerprint density at radius 2 is 1.81 bits per heavy atom. The monoisotopic (exact) mass is 498 g/mol. The van der Waals surface area contributed by atoms with Crippen LogP contribution < -0.4 is 10.6 Å². The molecule has 1 rings (SSSR count). The molecule has 0 bridgehead atoms. The first-order valence-electron chi connectivity index (χ1n) is 8.99. The van der Waals surface area contributed by atoms with Gasteiger partial charge in [0.25, 0.3) is 0 Å². The molecule has 0 aliphatic rings. The molecule has 0 saturated carbocycles. The molecule has 5 nitrogen and oxygen atoms in total. The summed E-state index contributed by atoms with van der Waals surface area (Å²) in [5.74, 6) is 0.0306. The molecule has 156 valence electrons. The lowest BCUT2D eigenvalue weighted by molar-refractivity contribution is 0.108. The van der Waals surface area contributed by atoms with Crippen LogP contribution in [0.25, 0.3) is 0 Å². The Labute approximate surface area is 179 Å². The highest BCUT2D eigenvalue weighted by Crippen LogP contribution is 2.23. The smallest absolute Gasteiger partial charge is 0.191 e. The minimum atomic E-state index is -0.546. The number of hydrogen-bond donors (Lipinski definition) is 2. The topological polar surface area (TPSA) is 48.9 Å². The van der Waals surface area contributed by atoms with Crippen LogP contribution in [0.2, 0.25) is 0 Å². The van der Waals surface area contributed by atoms with Crippen LogP contribution in [-0.2, 0) is 4.74 Å². The molecular formula is C19H33F2IN4O. The number of likely N-dealkylation sites (N-methyl/N-ethyl adjacent to an activating group) is 1. The van der Waals surface area contributed by atoms with Gasteiger partial charge in [0, 0.05) is 38.9 Å². The Morgan fingerprint density at radius 1 is 1.19 bits per heavy atom. The van der Waals surface area contributed by atoms with Gasteiger partial charge in [0.05, 0.1) is 6.04 Å². The first kappa shape index (κ1) is 26.0. The van der Waals surface area contributed by atoms with Crippen LogP contribution in [0, 0.1) is 17.6 Å². The summed E-state index contributed by atoms with van der Waals surface area (Å²) in [6.07, 6.45) is 0.854. The van der Waals surface area contributed by atoms with E-state index in [0.717, 1.165) is 13.0 Å². The third-order valence-corrected chi connectivity index (χ3v) is 3.85. The van der Waals surface area contributed by atoms with Gasteiger partial charge in [-0.25, -0.2) is 8.78 Å². The fourth-order valence-electron chi connectivity index (χ4n) is 2.49. The van der Waals surface area contributed by atoms with E-state index in [1.165, 1.54) is 18.2 Å². The van der Waals surface area contributed by atoms with Crippen molar-refractivity contribution in [1.29, 1.82) is 0 Å². The molecule has 0 fully saturated rings. The zero-order valence-electron chi connectivity index (χ0n) is 16.9. The molecule has 0 aliphatic heterocycles. The summed E-state index contributed by atoms with van der Waals surface area (Å²) in [6.45, 7) is 6.70. The molecule has 1 atom stereocenters. The van der Waals surface area contributed by atoms with Gasteiger partial charge in [0.2, 0.25) is 0 Å². The number of benzene rings is 1. The summed E-state index contributed by atoms with van der Waals surface area (Å²) in [4.78, 5) is 5.93. The second kappa shape index (κ2) is 14.1. The minimum absolute atomic E-state index is 0. The van der Waals surface area contributed by atoms with Gasteiger partial charge in [0.15, 0.2) is 5.96 Å². The molecule has 0 spiro atoms. The summed E-state index contributed by atoms with van der Waals surface area (Å²) in [5.41, 5.74) is 0.0579. The molecule has 2 N–H and O–H groups in total. The van der Waals surface area contributed by atoms with E-state index in [1.807, 2.05) is 0 Å².